The summed E-state index contributed by atoms with van der Waals surface area (Å²) in [5.74, 6) is 0. The molecule has 40 heavy (non-hydrogen) atoms. The Labute approximate surface area is 231 Å². The maximum Gasteiger partial charge on any atom is 0.0787 e. The monoisotopic (exact) mass is 503 g/mol. The topological polar surface area (TPSA) is 12.9 Å². The third kappa shape index (κ3) is 2.46. The lowest BCUT2D eigenvalue weighted by atomic mass is 9.88. The Hall–Kier alpha value is -5.27. The third-order valence-corrected chi connectivity index (χ3v) is 9.15. The largest absolute Gasteiger partial charge is 0.256 e. The molecule has 1 aromatic heterocycles. The number of pyridine rings is 1. The van der Waals surface area contributed by atoms with Gasteiger partial charge in [0.1, 0.15) is 0 Å². The molecular weight excluding hydrogens is 482 g/mol. The van der Waals surface area contributed by atoms with Gasteiger partial charge in [0, 0.05) is 17.3 Å². The van der Waals surface area contributed by atoms with E-state index in [1.807, 2.05) is 12.3 Å². The van der Waals surface area contributed by atoms with Crippen molar-refractivity contribution in [2.45, 2.75) is 0 Å². The van der Waals surface area contributed by atoms with Crippen LogP contribution in [-0.4, -0.2) is 4.98 Å². The van der Waals surface area contributed by atoms with Crippen molar-refractivity contribution in [3.63, 3.8) is 0 Å². The lowest BCUT2D eigenvalue weighted by Gasteiger charge is -2.15. The molecule has 0 spiro atoms. The van der Waals surface area contributed by atoms with Crippen LogP contribution >= 0.6 is 0 Å². The van der Waals surface area contributed by atoms with Gasteiger partial charge in [-0.1, -0.05) is 91.0 Å². The number of benzene rings is 7. The van der Waals surface area contributed by atoms with Crippen molar-refractivity contribution in [2.24, 2.45) is 0 Å². The molecule has 1 nitrogen and oxygen atoms in total. The molecule has 0 N–H and O–H groups in total. The highest BCUT2D eigenvalue weighted by Gasteiger charge is 2.25. The van der Waals surface area contributed by atoms with E-state index < -0.39 is 0 Å². The maximum atomic E-state index is 4.83. The fraction of sp³-hybridized carbons (Fsp3) is 0. The lowest BCUT2D eigenvalue weighted by molar-refractivity contribution is 1.35. The summed E-state index contributed by atoms with van der Waals surface area (Å²) in [4.78, 5) is 4.83. The average molecular weight is 504 g/mol. The summed E-state index contributed by atoms with van der Waals surface area (Å²) in [7, 11) is 0. The van der Waals surface area contributed by atoms with Crippen LogP contribution in [0, 0.1) is 0 Å². The molecule has 0 atom stereocenters. The molecule has 1 heterocycles. The van der Waals surface area contributed by atoms with Crippen molar-refractivity contribution in [3.8, 4) is 55.8 Å². The van der Waals surface area contributed by atoms with E-state index in [0.717, 1.165) is 5.69 Å². The molecule has 1 heteroatoms. The molecule has 0 saturated carbocycles. The van der Waals surface area contributed by atoms with Crippen LogP contribution in [0.1, 0.15) is 0 Å². The minimum Gasteiger partial charge on any atom is -0.256 e. The summed E-state index contributed by atoms with van der Waals surface area (Å²) in [5.41, 5.74) is 12.7. The zero-order chi connectivity index (χ0) is 25.9. The fourth-order valence-corrected chi connectivity index (χ4v) is 7.52. The SMILES string of the molecule is c1ccc2c(c1)-c1cccc3c1c-2cc1c2ccccc2c(-c2cc4c5c(cccc5c2)-c2cccnc2-4)cc31. The van der Waals surface area contributed by atoms with Crippen LogP contribution in [0.4, 0.5) is 0 Å². The minimum atomic E-state index is 1.09. The van der Waals surface area contributed by atoms with E-state index >= 15 is 0 Å². The normalized spacial score (nSPS) is 12.5. The lowest BCUT2D eigenvalue weighted by Crippen LogP contribution is -1.89. The Morgan fingerprint density at radius 1 is 0.350 bits per heavy atom. The Morgan fingerprint density at radius 2 is 1.00 bits per heavy atom. The number of rotatable bonds is 1. The van der Waals surface area contributed by atoms with Crippen LogP contribution in [0.3, 0.4) is 0 Å². The van der Waals surface area contributed by atoms with Crippen molar-refractivity contribution >= 4 is 43.1 Å². The van der Waals surface area contributed by atoms with E-state index in [2.05, 4.69) is 115 Å². The maximum absolute atomic E-state index is 4.83. The van der Waals surface area contributed by atoms with Gasteiger partial charge in [-0.05, 0) is 112 Å². The molecule has 0 saturated heterocycles. The zero-order valence-electron chi connectivity index (χ0n) is 21.6. The molecule has 0 fully saturated rings. The molecule has 0 amide bonds. The van der Waals surface area contributed by atoms with Crippen molar-refractivity contribution in [3.05, 3.63) is 128 Å². The van der Waals surface area contributed by atoms with E-state index in [0.29, 0.717) is 0 Å². The first-order chi connectivity index (χ1) is 19.8. The molecule has 2 aliphatic rings. The zero-order valence-corrected chi connectivity index (χ0v) is 21.6. The van der Waals surface area contributed by atoms with Gasteiger partial charge in [0.2, 0.25) is 0 Å². The minimum absolute atomic E-state index is 1.09. The molecule has 7 aromatic carbocycles. The van der Waals surface area contributed by atoms with Crippen molar-refractivity contribution < 1.29 is 0 Å². The Morgan fingerprint density at radius 3 is 1.90 bits per heavy atom. The first kappa shape index (κ1) is 20.7. The van der Waals surface area contributed by atoms with Crippen LogP contribution in [0.2, 0.25) is 0 Å². The third-order valence-electron chi connectivity index (χ3n) is 9.15. The van der Waals surface area contributed by atoms with Gasteiger partial charge in [0.05, 0.1) is 5.69 Å². The molecule has 0 bridgehead atoms. The summed E-state index contributed by atoms with van der Waals surface area (Å²) >= 11 is 0. The van der Waals surface area contributed by atoms with E-state index in [1.165, 1.54) is 93.2 Å². The van der Waals surface area contributed by atoms with Gasteiger partial charge in [-0.15, -0.1) is 0 Å². The molecule has 10 rings (SSSR count). The first-order valence-corrected chi connectivity index (χ1v) is 13.9. The van der Waals surface area contributed by atoms with Crippen LogP contribution in [-0.2, 0) is 0 Å². The van der Waals surface area contributed by atoms with Crippen LogP contribution in [0.15, 0.2) is 128 Å². The predicted molar refractivity (Wildman–Crippen MR) is 169 cm³/mol. The Balaban J connectivity index is 1.35. The number of nitrogens with zero attached hydrogens (tertiary/aromatic N) is 1. The van der Waals surface area contributed by atoms with Gasteiger partial charge in [0.25, 0.3) is 0 Å². The summed E-state index contributed by atoms with van der Waals surface area (Å²) in [6.45, 7) is 0. The van der Waals surface area contributed by atoms with Crippen molar-refractivity contribution in [1.29, 1.82) is 0 Å². The first-order valence-electron chi connectivity index (χ1n) is 13.9. The molecule has 8 aromatic rings. The summed E-state index contributed by atoms with van der Waals surface area (Å²) < 4.78 is 0. The highest BCUT2D eigenvalue weighted by Crippen LogP contribution is 2.52. The van der Waals surface area contributed by atoms with E-state index in [9.17, 15) is 0 Å². The summed E-state index contributed by atoms with van der Waals surface area (Å²) in [6.07, 6.45) is 1.91. The summed E-state index contributed by atoms with van der Waals surface area (Å²) in [6, 6.07) is 45.1. The highest BCUT2D eigenvalue weighted by molar-refractivity contribution is 6.29. The Kier molecular flexibility index (Phi) is 3.73. The summed E-state index contributed by atoms with van der Waals surface area (Å²) in [5, 5.41) is 10.5. The van der Waals surface area contributed by atoms with Gasteiger partial charge >= 0.3 is 0 Å². The standard InChI is InChI=1S/C39H21N/c1-4-12-27-24(9-1)28-14-6-15-30-34-20-32(25-10-2-3-11-26(25)33(34)21-35(27)38(28)30)23-18-22-8-5-13-29-31-16-7-17-40-39(31)36(19-23)37(22)29/h1-21H. The van der Waals surface area contributed by atoms with Crippen LogP contribution in [0.5, 0.6) is 0 Å². The van der Waals surface area contributed by atoms with Gasteiger partial charge in [-0.25, -0.2) is 0 Å². The van der Waals surface area contributed by atoms with Crippen LogP contribution < -0.4 is 0 Å². The van der Waals surface area contributed by atoms with Gasteiger partial charge in [-0.2, -0.15) is 0 Å². The highest BCUT2D eigenvalue weighted by atomic mass is 14.7. The number of hydrogen-bond donors (Lipinski definition) is 0. The second-order valence-corrected chi connectivity index (χ2v) is 11.1. The molecule has 182 valence electrons. The van der Waals surface area contributed by atoms with Crippen molar-refractivity contribution in [2.75, 3.05) is 0 Å². The second-order valence-electron chi connectivity index (χ2n) is 11.1. The van der Waals surface area contributed by atoms with E-state index in [1.54, 1.807) is 0 Å². The molecule has 0 aliphatic heterocycles. The predicted octanol–water partition coefficient (Wildman–Crippen LogP) is 10.7. The van der Waals surface area contributed by atoms with Gasteiger partial charge in [-0.3, -0.25) is 4.98 Å². The molecule has 2 aliphatic carbocycles. The number of aromatic nitrogens is 1. The molecular formula is C39H21N. The number of fused-ring (bicyclic) bond motifs is 10. The number of hydrogen-bond acceptors (Lipinski definition) is 1. The second kappa shape index (κ2) is 7.22. The van der Waals surface area contributed by atoms with Crippen LogP contribution in [0.25, 0.3) is 98.9 Å². The fourth-order valence-electron chi connectivity index (χ4n) is 7.52. The van der Waals surface area contributed by atoms with E-state index in [-0.39, 0.29) is 0 Å². The van der Waals surface area contributed by atoms with Crippen molar-refractivity contribution in [1.82, 2.24) is 4.98 Å². The van der Waals surface area contributed by atoms with E-state index in [4.69, 9.17) is 4.98 Å². The Bertz CT molecular complexity index is 2430. The van der Waals surface area contributed by atoms with Gasteiger partial charge in [0.15, 0.2) is 0 Å². The van der Waals surface area contributed by atoms with Gasteiger partial charge < -0.3 is 0 Å². The molecule has 0 unspecified atom stereocenters. The molecule has 0 radical (unpaired) electrons. The smallest absolute Gasteiger partial charge is 0.0787 e. The quantitative estimate of drug-likeness (QED) is 0.203. The average Bonchev–Trinajstić information content (AvgIpc) is 3.52.